The standard InChI is InChI=1S/C12H14BrN7/c1-20(12-16-6-8(13)7-17-12)4-2-3-10-9(5-14)11(15)19-18-10/h6-7H,2-4H2,1H3,(H3,15,18,19). The maximum Gasteiger partial charge on any atom is 0.225 e. The molecule has 0 radical (unpaired) electrons. The van der Waals surface area contributed by atoms with Crippen molar-refractivity contribution in [2.24, 2.45) is 0 Å². The fourth-order valence-corrected chi connectivity index (χ4v) is 2.00. The first-order chi connectivity index (χ1) is 9.61. The number of aromatic amines is 1. The molecule has 0 amide bonds. The zero-order valence-electron chi connectivity index (χ0n) is 11.0. The maximum atomic E-state index is 8.98. The number of hydrogen-bond acceptors (Lipinski definition) is 6. The molecule has 0 saturated carbocycles. The van der Waals surface area contributed by atoms with Crippen molar-refractivity contribution in [2.75, 3.05) is 24.2 Å². The molecule has 0 fully saturated rings. The third-order valence-electron chi connectivity index (χ3n) is 2.85. The van der Waals surface area contributed by atoms with E-state index >= 15 is 0 Å². The van der Waals surface area contributed by atoms with Crippen molar-refractivity contribution in [2.45, 2.75) is 12.8 Å². The molecule has 2 rings (SSSR count). The van der Waals surface area contributed by atoms with Gasteiger partial charge >= 0.3 is 0 Å². The summed E-state index contributed by atoms with van der Waals surface area (Å²) in [5.74, 6) is 0.921. The van der Waals surface area contributed by atoms with Crippen molar-refractivity contribution < 1.29 is 0 Å². The van der Waals surface area contributed by atoms with Crippen LogP contribution in [0.25, 0.3) is 0 Å². The molecule has 3 N–H and O–H groups in total. The van der Waals surface area contributed by atoms with E-state index in [9.17, 15) is 0 Å². The summed E-state index contributed by atoms with van der Waals surface area (Å²) in [6.45, 7) is 0.769. The fraction of sp³-hybridized carbons (Fsp3) is 0.333. The van der Waals surface area contributed by atoms with E-state index in [4.69, 9.17) is 11.0 Å². The number of H-pyrrole nitrogens is 1. The van der Waals surface area contributed by atoms with Gasteiger partial charge in [0.2, 0.25) is 5.95 Å². The number of nitrogens with two attached hydrogens (primary N) is 1. The van der Waals surface area contributed by atoms with Crippen LogP contribution in [0.3, 0.4) is 0 Å². The summed E-state index contributed by atoms with van der Waals surface area (Å²) in [7, 11) is 1.93. The molecule has 0 aliphatic heterocycles. The molecular formula is C12H14BrN7. The minimum atomic E-state index is 0.257. The molecule has 20 heavy (non-hydrogen) atoms. The third kappa shape index (κ3) is 3.24. The quantitative estimate of drug-likeness (QED) is 0.856. The Kier molecular flexibility index (Phi) is 4.53. The minimum absolute atomic E-state index is 0.257. The highest BCUT2D eigenvalue weighted by atomic mass is 79.9. The summed E-state index contributed by atoms with van der Waals surface area (Å²) < 4.78 is 0.848. The van der Waals surface area contributed by atoms with Gasteiger partial charge in [0.25, 0.3) is 0 Å². The highest BCUT2D eigenvalue weighted by Crippen LogP contribution is 2.14. The van der Waals surface area contributed by atoms with Crippen LogP contribution < -0.4 is 10.6 Å². The summed E-state index contributed by atoms with van der Waals surface area (Å²) in [5.41, 5.74) is 6.80. The Morgan fingerprint density at radius 1 is 1.45 bits per heavy atom. The number of nitrogen functional groups attached to an aromatic ring is 1. The zero-order chi connectivity index (χ0) is 14.5. The van der Waals surface area contributed by atoms with Gasteiger partial charge in [-0.25, -0.2) is 9.97 Å². The number of nitriles is 1. The molecule has 0 spiro atoms. The largest absolute Gasteiger partial charge is 0.381 e. The lowest BCUT2D eigenvalue weighted by Crippen LogP contribution is -2.21. The average molecular weight is 336 g/mol. The van der Waals surface area contributed by atoms with Crippen molar-refractivity contribution in [3.63, 3.8) is 0 Å². The third-order valence-corrected chi connectivity index (χ3v) is 3.26. The van der Waals surface area contributed by atoms with Gasteiger partial charge in [-0.2, -0.15) is 10.4 Å². The van der Waals surface area contributed by atoms with E-state index in [2.05, 4.69) is 42.2 Å². The molecule has 0 aromatic carbocycles. The summed E-state index contributed by atoms with van der Waals surface area (Å²) in [6, 6.07) is 2.06. The van der Waals surface area contributed by atoms with Crippen LogP contribution in [0.15, 0.2) is 16.9 Å². The number of rotatable bonds is 5. The summed E-state index contributed by atoms with van der Waals surface area (Å²) in [4.78, 5) is 10.4. The first-order valence-corrected chi connectivity index (χ1v) is 6.82. The maximum absolute atomic E-state index is 8.98. The van der Waals surface area contributed by atoms with Crippen molar-refractivity contribution >= 4 is 27.7 Å². The van der Waals surface area contributed by atoms with E-state index in [1.807, 2.05) is 11.9 Å². The first-order valence-electron chi connectivity index (χ1n) is 6.03. The lowest BCUT2D eigenvalue weighted by atomic mass is 10.1. The van der Waals surface area contributed by atoms with Crippen molar-refractivity contribution in [3.8, 4) is 6.07 Å². The summed E-state index contributed by atoms with van der Waals surface area (Å²) >= 11 is 3.30. The summed E-state index contributed by atoms with van der Waals surface area (Å²) in [5, 5.41) is 15.6. The molecule has 2 aromatic heterocycles. The number of nitrogens with one attached hydrogen (secondary N) is 1. The van der Waals surface area contributed by atoms with Gasteiger partial charge in [0, 0.05) is 26.0 Å². The van der Waals surface area contributed by atoms with Gasteiger partial charge in [-0.15, -0.1) is 0 Å². The molecular weight excluding hydrogens is 322 g/mol. The topological polar surface area (TPSA) is 108 Å². The van der Waals surface area contributed by atoms with Gasteiger partial charge in [0.15, 0.2) is 5.82 Å². The second kappa shape index (κ2) is 6.34. The molecule has 0 saturated heterocycles. The van der Waals surface area contributed by atoms with E-state index in [-0.39, 0.29) is 5.82 Å². The Morgan fingerprint density at radius 2 is 2.15 bits per heavy atom. The van der Waals surface area contributed by atoms with Gasteiger partial charge in [-0.3, -0.25) is 5.10 Å². The van der Waals surface area contributed by atoms with Gasteiger partial charge in [0.05, 0.1) is 10.2 Å². The van der Waals surface area contributed by atoms with E-state index < -0.39 is 0 Å². The molecule has 2 aromatic rings. The molecule has 104 valence electrons. The summed E-state index contributed by atoms with van der Waals surface area (Å²) in [6.07, 6.45) is 4.96. The molecule has 0 bridgehead atoms. The van der Waals surface area contributed by atoms with E-state index in [1.54, 1.807) is 12.4 Å². The highest BCUT2D eigenvalue weighted by Gasteiger charge is 2.10. The number of aryl methyl sites for hydroxylation is 1. The van der Waals surface area contributed by atoms with Crippen LogP contribution >= 0.6 is 15.9 Å². The van der Waals surface area contributed by atoms with Crippen LogP contribution in [0, 0.1) is 11.3 Å². The van der Waals surface area contributed by atoms with Gasteiger partial charge in [-0.1, -0.05) is 0 Å². The number of hydrogen-bond donors (Lipinski definition) is 2. The van der Waals surface area contributed by atoms with Crippen LogP contribution in [-0.2, 0) is 6.42 Å². The van der Waals surface area contributed by atoms with Crippen LogP contribution in [0.5, 0.6) is 0 Å². The molecule has 0 unspecified atom stereocenters. The van der Waals surface area contributed by atoms with E-state index in [0.717, 1.165) is 23.1 Å². The van der Waals surface area contributed by atoms with Gasteiger partial charge in [-0.05, 0) is 28.8 Å². The Hall–Kier alpha value is -2.14. The second-order valence-corrected chi connectivity index (χ2v) is 5.22. The van der Waals surface area contributed by atoms with Crippen molar-refractivity contribution in [1.82, 2.24) is 20.2 Å². The Bertz CT molecular complexity index is 614. The second-order valence-electron chi connectivity index (χ2n) is 4.30. The van der Waals surface area contributed by atoms with E-state index in [0.29, 0.717) is 17.9 Å². The first kappa shape index (κ1) is 14.3. The number of anilines is 2. The van der Waals surface area contributed by atoms with Crippen molar-refractivity contribution in [1.29, 1.82) is 5.26 Å². The van der Waals surface area contributed by atoms with Crippen LogP contribution in [0.2, 0.25) is 0 Å². The predicted octanol–water partition coefficient (Wildman–Crippen LogP) is 1.49. The molecule has 0 aliphatic carbocycles. The Balaban J connectivity index is 1.89. The predicted molar refractivity (Wildman–Crippen MR) is 79.0 cm³/mol. The van der Waals surface area contributed by atoms with Crippen LogP contribution in [-0.4, -0.2) is 33.8 Å². The fourth-order valence-electron chi connectivity index (χ4n) is 1.80. The van der Waals surface area contributed by atoms with Gasteiger partial charge < -0.3 is 10.6 Å². The number of aromatic nitrogens is 4. The Labute approximate surface area is 125 Å². The molecule has 7 nitrogen and oxygen atoms in total. The monoisotopic (exact) mass is 335 g/mol. The lowest BCUT2D eigenvalue weighted by Gasteiger charge is -2.16. The number of halogens is 1. The minimum Gasteiger partial charge on any atom is -0.381 e. The average Bonchev–Trinajstić information content (AvgIpc) is 2.80. The normalized spacial score (nSPS) is 10.2. The zero-order valence-corrected chi connectivity index (χ0v) is 12.6. The van der Waals surface area contributed by atoms with Crippen molar-refractivity contribution in [3.05, 3.63) is 28.1 Å². The van der Waals surface area contributed by atoms with Crippen LogP contribution in [0.4, 0.5) is 11.8 Å². The van der Waals surface area contributed by atoms with E-state index in [1.165, 1.54) is 0 Å². The Morgan fingerprint density at radius 3 is 2.80 bits per heavy atom. The lowest BCUT2D eigenvalue weighted by molar-refractivity contribution is 0.750. The smallest absolute Gasteiger partial charge is 0.225 e. The SMILES string of the molecule is CN(CCCc1[nH]nc(N)c1C#N)c1ncc(Br)cn1. The molecule has 0 aliphatic rings. The molecule has 8 heteroatoms. The highest BCUT2D eigenvalue weighted by molar-refractivity contribution is 9.10. The van der Waals surface area contributed by atoms with Crippen LogP contribution in [0.1, 0.15) is 17.7 Å². The van der Waals surface area contributed by atoms with Gasteiger partial charge in [0.1, 0.15) is 11.6 Å². The molecule has 0 atom stereocenters. The molecule has 2 heterocycles. The number of nitrogens with zero attached hydrogens (tertiary/aromatic N) is 5.